The molecule has 0 amide bonds. The zero-order valence-electron chi connectivity index (χ0n) is 5.79. The van der Waals surface area contributed by atoms with Crippen LogP contribution >= 0.6 is 0 Å². The molecule has 1 rings (SSSR count). The molecule has 1 aliphatic rings. The number of β-amino-alcohol motifs (C(OH)–C–C–N with tert-alkyl or cyclic N) is 1. The monoisotopic (exact) mass is 144 g/mol. The number of carbonyl (C=O) groups is 1. The van der Waals surface area contributed by atoms with Gasteiger partial charge in [0.1, 0.15) is 12.5 Å². The summed E-state index contributed by atoms with van der Waals surface area (Å²) in [6.07, 6.45) is 0.327. The van der Waals surface area contributed by atoms with Gasteiger partial charge >= 0.3 is 0 Å². The molecule has 58 valence electrons. The Morgan fingerprint density at radius 2 is 2.60 bits per heavy atom. The van der Waals surface area contributed by atoms with Crippen molar-refractivity contribution >= 4 is 6.29 Å². The van der Waals surface area contributed by atoms with E-state index < -0.39 is 6.23 Å². The van der Waals surface area contributed by atoms with Crippen LogP contribution in [0.4, 0.5) is 0 Å². The molecule has 0 unspecified atom stereocenters. The second-order valence-corrected chi connectivity index (χ2v) is 2.35. The maximum atomic E-state index is 10.0. The summed E-state index contributed by atoms with van der Waals surface area (Å²) in [6, 6.07) is 0. The fourth-order valence-electron chi connectivity index (χ4n) is 1.04. The average Bonchev–Trinajstić information content (AvgIpc) is 1.94. The van der Waals surface area contributed by atoms with Crippen LogP contribution in [-0.4, -0.2) is 48.7 Å². The Morgan fingerprint density at radius 3 is 3.20 bits per heavy atom. The third-order valence-corrected chi connectivity index (χ3v) is 1.63. The van der Waals surface area contributed by atoms with Crippen molar-refractivity contribution in [2.45, 2.75) is 6.23 Å². The van der Waals surface area contributed by atoms with Crippen LogP contribution in [0.5, 0.6) is 0 Å². The molecule has 2 N–H and O–H groups in total. The molecular weight excluding hydrogens is 132 g/mol. The molecule has 1 heterocycles. The Hall–Kier alpha value is -0.450. The van der Waals surface area contributed by atoms with E-state index in [-0.39, 0.29) is 0 Å². The van der Waals surface area contributed by atoms with Gasteiger partial charge in [-0.2, -0.15) is 0 Å². The van der Waals surface area contributed by atoms with E-state index in [1.54, 1.807) is 4.90 Å². The SMILES string of the molecule is O=CCN1CCNC[C@@H]1O. The number of carbonyl (C=O) groups excluding carboxylic acids is 1. The molecule has 0 aromatic heterocycles. The third-order valence-electron chi connectivity index (χ3n) is 1.63. The molecule has 1 atom stereocenters. The minimum Gasteiger partial charge on any atom is -0.377 e. The number of nitrogens with one attached hydrogen (secondary N) is 1. The summed E-state index contributed by atoms with van der Waals surface area (Å²) >= 11 is 0. The standard InChI is InChI=1S/C6H12N2O2/c9-4-3-8-2-1-7-5-6(8)10/h4,6-7,10H,1-3,5H2/t6-/m0/s1. The number of hydrogen-bond donors (Lipinski definition) is 2. The van der Waals surface area contributed by atoms with Crippen LogP contribution in [0.2, 0.25) is 0 Å². The van der Waals surface area contributed by atoms with Crippen LogP contribution in [0, 0.1) is 0 Å². The zero-order chi connectivity index (χ0) is 7.40. The first-order chi connectivity index (χ1) is 4.84. The Balaban J connectivity index is 2.32. The van der Waals surface area contributed by atoms with Gasteiger partial charge in [0.15, 0.2) is 0 Å². The van der Waals surface area contributed by atoms with Crippen LogP contribution in [0.25, 0.3) is 0 Å². The Kier molecular flexibility index (Phi) is 2.80. The second kappa shape index (κ2) is 3.65. The molecule has 0 aromatic rings. The highest BCUT2D eigenvalue weighted by atomic mass is 16.3. The predicted molar refractivity (Wildman–Crippen MR) is 36.5 cm³/mol. The lowest BCUT2D eigenvalue weighted by molar-refractivity contribution is -0.112. The highest BCUT2D eigenvalue weighted by molar-refractivity contribution is 5.52. The van der Waals surface area contributed by atoms with Crippen molar-refractivity contribution in [3.8, 4) is 0 Å². The summed E-state index contributed by atoms with van der Waals surface area (Å²) < 4.78 is 0. The first kappa shape index (κ1) is 7.65. The van der Waals surface area contributed by atoms with E-state index >= 15 is 0 Å². The Bertz CT molecular complexity index is 118. The summed E-state index contributed by atoms with van der Waals surface area (Å²) in [5.74, 6) is 0. The number of piperazine rings is 1. The lowest BCUT2D eigenvalue weighted by Crippen LogP contribution is -2.51. The van der Waals surface area contributed by atoms with Crippen molar-refractivity contribution in [1.29, 1.82) is 0 Å². The van der Waals surface area contributed by atoms with E-state index in [2.05, 4.69) is 5.32 Å². The van der Waals surface area contributed by atoms with E-state index in [9.17, 15) is 9.90 Å². The van der Waals surface area contributed by atoms with Gasteiger partial charge < -0.3 is 15.2 Å². The van der Waals surface area contributed by atoms with E-state index in [0.29, 0.717) is 13.1 Å². The zero-order valence-corrected chi connectivity index (χ0v) is 5.79. The number of nitrogens with zero attached hydrogens (tertiary/aromatic N) is 1. The fourth-order valence-corrected chi connectivity index (χ4v) is 1.04. The van der Waals surface area contributed by atoms with Crippen LogP contribution in [0.1, 0.15) is 0 Å². The van der Waals surface area contributed by atoms with Gasteiger partial charge in [-0.05, 0) is 0 Å². The number of aliphatic hydroxyl groups excluding tert-OH is 1. The molecule has 4 heteroatoms. The largest absolute Gasteiger partial charge is 0.377 e. The molecule has 0 spiro atoms. The molecule has 0 saturated carbocycles. The van der Waals surface area contributed by atoms with Crippen LogP contribution in [0.15, 0.2) is 0 Å². The maximum absolute atomic E-state index is 10.0. The molecule has 1 aliphatic heterocycles. The van der Waals surface area contributed by atoms with Gasteiger partial charge in [-0.1, -0.05) is 0 Å². The first-order valence-corrected chi connectivity index (χ1v) is 3.41. The van der Waals surface area contributed by atoms with Crippen molar-refractivity contribution in [3.63, 3.8) is 0 Å². The lowest BCUT2D eigenvalue weighted by Gasteiger charge is -2.30. The summed E-state index contributed by atoms with van der Waals surface area (Å²) in [5, 5.41) is 12.2. The minimum atomic E-state index is -0.487. The fraction of sp³-hybridized carbons (Fsp3) is 0.833. The molecular formula is C6H12N2O2. The molecule has 0 radical (unpaired) electrons. The number of aliphatic hydroxyl groups is 1. The lowest BCUT2D eigenvalue weighted by atomic mass is 10.3. The van der Waals surface area contributed by atoms with Gasteiger partial charge in [-0.15, -0.1) is 0 Å². The van der Waals surface area contributed by atoms with Gasteiger partial charge in [-0.3, -0.25) is 4.90 Å². The second-order valence-electron chi connectivity index (χ2n) is 2.35. The Morgan fingerprint density at radius 1 is 1.80 bits per heavy atom. The molecule has 10 heavy (non-hydrogen) atoms. The van der Waals surface area contributed by atoms with E-state index in [1.165, 1.54) is 0 Å². The quantitative estimate of drug-likeness (QED) is 0.459. The van der Waals surface area contributed by atoms with Gasteiger partial charge in [-0.25, -0.2) is 0 Å². The van der Waals surface area contributed by atoms with Gasteiger partial charge in [0, 0.05) is 19.6 Å². The van der Waals surface area contributed by atoms with Crippen LogP contribution in [0.3, 0.4) is 0 Å². The smallest absolute Gasteiger partial charge is 0.134 e. The molecule has 0 aromatic carbocycles. The van der Waals surface area contributed by atoms with E-state index in [1.807, 2.05) is 0 Å². The maximum Gasteiger partial charge on any atom is 0.134 e. The minimum absolute atomic E-state index is 0.336. The summed E-state index contributed by atoms with van der Waals surface area (Å²) in [7, 11) is 0. The molecule has 0 bridgehead atoms. The van der Waals surface area contributed by atoms with Crippen molar-refractivity contribution < 1.29 is 9.90 Å². The van der Waals surface area contributed by atoms with Crippen molar-refractivity contribution in [2.75, 3.05) is 26.2 Å². The summed E-state index contributed by atoms with van der Waals surface area (Å²) in [5.41, 5.74) is 0. The highest BCUT2D eigenvalue weighted by Crippen LogP contribution is 1.96. The van der Waals surface area contributed by atoms with Crippen molar-refractivity contribution in [3.05, 3.63) is 0 Å². The predicted octanol–water partition coefficient (Wildman–Crippen LogP) is -1.59. The summed E-state index contributed by atoms with van der Waals surface area (Å²) in [4.78, 5) is 11.8. The first-order valence-electron chi connectivity index (χ1n) is 3.41. The number of rotatable bonds is 2. The normalized spacial score (nSPS) is 28.3. The third kappa shape index (κ3) is 1.76. The number of hydrogen-bond acceptors (Lipinski definition) is 4. The van der Waals surface area contributed by atoms with Crippen molar-refractivity contribution in [2.24, 2.45) is 0 Å². The van der Waals surface area contributed by atoms with Crippen LogP contribution in [-0.2, 0) is 4.79 Å². The van der Waals surface area contributed by atoms with Gasteiger partial charge in [0.05, 0.1) is 6.54 Å². The molecule has 0 aliphatic carbocycles. The highest BCUT2D eigenvalue weighted by Gasteiger charge is 2.17. The van der Waals surface area contributed by atoms with Gasteiger partial charge in [0.2, 0.25) is 0 Å². The van der Waals surface area contributed by atoms with Crippen molar-refractivity contribution in [1.82, 2.24) is 10.2 Å². The van der Waals surface area contributed by atoms with E-state index in [4.69, 9.17) is 0 Å². The van der Waals surface area contributed by atoms with E-state index in [0.717, 1.165) is 19.4 Å². The molecule has 1 saturated heterocycles. The molecule has 4 nitrogen and oxygen atoms in total. The number of aldehydes is 1. The summed E-state index contributed by atoms with van der Waals surface area (Å²) in [6.45, 7) is 2.50. The topological polar surface area (TPSA) is 52.6 Å². The van der Waals surface area contributed by atoms with Crippen LogP contribution < -0.4 is 5.32 Å². The Labute approximate surface area is 59.8 Å². The molecule has 1 fully saturated rings. The van der Waals surface area contributed by atoms with Gasteiger partial charge in [0.25, 0.3) is 0 Å². The average molecular weight is 144 g/mol.